The van der Waals surface area contributed by atoms with Crippen LogP contribution in [0.15, 0.2) is 163 Å². The Morgan fingerprint density at radius 2 is 0.869 bits per heavy atom. The number of rotatable bonds is 40. The zero-order valence-electron chi connectivity index (χ0n) is 77.0. The molecule has 2 saturated heterocycles. The lowest BCUT2D eigenvalue weighted by atomic mass is 10.00. The molecule has 0 saturated carbocycles. The molecule has 0 spiro atoms. The Morgan fingerprint density at radius 1 is 0.434 bits per heavy atom. The third kappa shape index (κ3) is 27.7. The molecule has 760 valence electrons. The predicted octanol–water partition coefficient (Wildman–Crippen LogP) is 17.2. The van der Waals surface area contributed by atoms with Crippen LogP contribution < -0.4 is 41.8 Å². The van der Waals surface area contributed by atoms with E-state index in [1.165, 1.54) is 120 Å². The van der Waals surface area contributed by atoms with Crippen molar-refractivity contribution >= 4 is 203 Å². The molecule has 42 heteroatoms. The minimum atomic E-state index is -1.18. The summed E-state index contributed by atoms with van der Waals surface area (Å²) in [6.07, 6.45) is 20.5. The minimum Gasteiger partial charge on any atom is -0.511 e. The predicted molar refractivity (Wildman–Crippen MR) is 536 cm³/mol. The second-order valence-corrected chi connectivity index (χ2v) is 36.2. The van der Waals surface area contributed by atoms with Crippen LogP contribution in [0, 0.1) is 0 Å². The summed E-state index contributed by atoms with van der Waals surface area (Å²) in [5.41, 5.74) is 0.0221. The number of benzene rings is 8. The van der Waals surface area contributed by atoms with Crippen LogP contribution in [0.2, 0.25) is 20.1 Å². The molecule has 145 heavy (non-hydrogen) atoms. The van der Waals surface area contributed by atoms with Crippen molar-refractivity contribution in [1.29, 1.82) is 0 Å². The van der Waals surface area contributed by atoms with Crippen molar-refractivity contribution in [3.05, 3.63) is 214 Å². The second-order valence-electron chi connectivity index (χ2n) is 33.4. The number of ketones is 2. The standard InChI is InChI=1S/C32H35ClN2O9S.C30H31ClN2O7.C22H17ClN2O6.C17H9ClN2O7.2CH4/c1-2-3-4-5-8-11-29(40)43-25-16-26-22(15-20(25)33)34-21-12-13-24(38)30(31(21)44-26)23(37)10-7-6-9-14-35-28(39)17-27(32(35)41)45-19-42-18-36;1-2-3-4-5-8-11-28(38)39-24-18-25-21(17-19(24)31)32-20-12-13-23(35)29(30(20)40-25)22(34)10-7-6-9-16-33-26(36)14-15-27(33)37;23-12-10-14-18(11-17(12)28)31-22-13(24-14)5-6-16(27)21(22)15(26)4-2-1-3-9-25-19(29)7-8-20(25)30;18-7-5-9-12(6-11(7)22)26-16-8(19-9)1-2-10(21)15(16)17(25)27-20-13(23)3-4-14(20)24;;/h12-13,15-16,18,27H,2-11,14,17,19H2,1H3;12-15,17-18H,2-11,16H2,1H3;5-8,10-11,26H,1-4,9H2;1-2,5-6,21H,3-4H2;2*1H4. The average molecular weight is 2090 g/mol. The van der Waals surface area contributed by atoms with E-state index in [-0.39, 0.29) is 243 Å². The number of Topliss-reactive ketones (excluding diaryl/α,β-unsaturated/α-hetero) is 2. The zero-order valence-corrected chi connectivity index (χ0v) is 80.9. The maximum Gasteiger partial charge on any atom is 0.371 e. The summed E-state index contributed by atoms with van der Waals surface area (Å²) in [5, 5.41) is 20.8. The first-order valence-corrected chi connectivity index (χ1v) is 48.6. The van der Waals surface area contributed by atoms with Gasteiger partial charge in [-0.2, -0.15) is 0 Å². The van der Waals surface area contributed by atoms with Gasteiger partial charge in [0.2, 0.25) is 22.7 Å². The van der Waals surface area contributed by atoms with E-state index in [4.69, 9.17) is 78.4 Å². The number of hydrogen-bond donors (Lipinski definition) is 2. The van der Waals surface area contributed by atoms with Crippen LogP contribution >= 0.6 is 58.2 Å². The van der Waals surface area contributed by atoms with Gasteiger partial charge in [0.1, 0.15) is 84.0 Å². The first-order chi connectivity index (χ1) is 68.7. The molecule has 0 radical (unpaired) electrons. The molecular weight excluding hydrogens is 1990 g/mol. The number of phenolic OH excluding ortho intramolecular Hbond substituents is 1. The molecule has 5 aromatic carbocycles. The Kier molecular flexibility index (Phi) is 39.4. The molecule has 7 aliphatic heterocycles. The molecule has 10 aliphatic rings. The van der Waals surface area contributed by atoms with Gasteiger partial charge in [0.05, 0.1) is 25.3 Å². The number of aliphatic hydroxyl groups excluding tert-OH is 1. The third-order valence-electron chi connectivity index (χ3n) is 23.2. The van der Waals surface area contributed by atoms with Gasteiger partial charge >= 0.3 is 17.9 Å². The highest BCUT2D eigenvalue weighted by molar-refractivity contribution is 8.00. The highest BCUT2D eigenvalue weighted by Gasteiger charge is 2.40. The number of fused-ring (bicyclic) bond motifs is 8. The normalized spacial score (nSPS) is 14.0. The van der Waals surface area contributed by atoms with E-state index >= 15 is 0 Å². The lowest BCUT2D eigenvalue weighted by Crippen LogP contribution is -2.32. The van der Waals surface area contributed by atoms with Gasteiger partial charge < -0.3 is 46.9 Å². The number of aromatic nitrogens is 4. The molecule has 3 aliphatic carbocycles. The summed E-state index contributed by atoms with van der Waals surface area (Å²) in [7, 11) is 0. The fraction of sp³-hybridized carbons (Fsp3) is 0.350. The molecule has 1 atom stereocenters. The van der Waals surface area contributed by atoms with Gasteiger partial charge in [-0.15, -0.1) is 16.8 Å². The smallest absolute Gasteiger partial charge is 0.371 e. The fourth-order valence-corrected chi connectivity index (χ4v) is 17.3. The molecule has 6 aromatic rings. The number of esters is 2. The number of carbonyl (C=O) groups excluding carboxylic acids is 14. The van der Waals surface area contributed by atoms with Gasteiger partial charge in [-0.25, -0.2) is 24.7 Å². The van der Waals surface area contributed by atoms with Crippen LogP contribution in [0.4, 0.5) is 0 Å². The van der Waals surface area contributed by atoms with E-state index in [2.05, 4.69) is 38.5 Å². The lowest BCUT2D eigenvalue weighted by Gasteiger charge is -2.14. The Labute approximate surface area is 850 Å². The topological polar surface area (TPSA) is 519 Å². The van der Waals surface area contributed by atoms with Crippen molar-refractivity contribution in [2.75, 3.05) is 25.6 Å². The van der Waals surface area contributed by atoms with Crippen LogP contribution in [-0.4, -0.2) is 164 Å². The van der Waals surface area contributed by atoms with Gasteiger partial charge in [0.15, 0.2) is 84.5 Å². The summed E-state index contributed by atoms with van der Waals surface area (Å²) < 4.78 is 38.8. The molecule has 1 unspecified atom stereocenters. The summed E-state index contributed by atoms with van der Waals surface area (Å²) in [6.45, 7) is 5.34. The van der Waals surface area contributed by atoms with Crippen molar-refractivity contribution in [3.8, 4) is 51.6 Å². The van der Waals surface area contributed by atoms with E-state index in [9.17, 15) is 101 Å². The molecule has 0 bridgehead atoms. The number of halogens is 4. The molecule has 1 aromatic heterocycles. The number of amides is 8. The highest BCUT2D eigenvalue weighted by atomic mass is 35.5. The van der Waals surface area contributed by atoms with Gasteiger partial charge in [-0.3, -0.25) is 101 Å². The quantitative estimate of drug-likeness (QED) is 0.00526. The van der Waals surface area contributed by atoms with E-state index < -0.39 is 79.2 Å². The molecule has 2 N–H and O–H groups in total. The second kappa shape index (κ2) is 51.6. The number of likely N-dealkylation sites (tertiary alicyclic amines) is 1. The number of carbonyl (C=O) groups is 14. The Balaban J connectivity index is 0.000000186. The number of aromatic hydroxyl groups is 1. The summed E-state index contributed by atoms with van der Waals surface area (Å²) in [5.74, 6) is -6.37. The highest BCUT2D eigenvalue weighted by Crippen LogP contribution is 2.39. The Morgan fingerprint density at radius 3 is 1.39 bits per heavy atom. The van der Waals surface area contributed by atoms with E-state index in [0.29, 0.717) is 109 Å². The average Bonchev–Trinajstić information content (AvgIpc) is 1.11. The molecule has 8 heterocycles. The third-order valence-corrected chi connectivity index (χ3v) is 25.4. The Hall–Kier alpha value is -14.6. The maximum atomic E-state index is 13.2. The molecule has 16 rings (SSSR count). The number of ether oxygens (including phenoxy) is 3. The van der Waals surface area contributed by atoms with E-state index in [0.717, 1.165) is 85.4 Å². The van der Waals surface area contributed by atoms with Gasteiger partial charge in [0.25, 0.3) is 41.9 Å². The maximum absolute atomic E-state index is 13.2. The minimum absolute atomic E-state index is 0. The summed E-state index contributed by atoms with van der Waals surface area (Å²) >= 11 is 25.4. The number of nitrogens with zero attached hydrogens (tertiary/aromatic N) is 8. The Bertz CT molecular complexity index is 7350. The van der Waals surface area contributed by atoms with Gasteiger partial charge in [0, 0.05) is 120 Å². The van der Waals surface area contributed by atoms with Crippen molar-refractivity contribution in [3.63, 3.8) is 0 Å². The van der Waals surface area contributed by atoms with Gasteiger partial charge in [-0.05, 0) is 124 Å². The van der Waals surface area contributed by atoms with Crippen LogP contribution in [0.3, 0.4) is 0 Å². The van der Waals surface area contributed by atoms with E-state index in [1.54, 1.807) is 0 Å². The number of aliphatic hydroxyl groups is 1. The summed E-state index contributed by atoms with van der Waals surface area (Å²) in [6, 6.07) is 21.7. The summed E-state index contributed by atoms with van der Waals surface area (Å²) in [4.78, 5) is 256. The number of thioether (sulfide) groups is 1. The molecule has 8 amide bonds. The largest absolute Gasteiger partial charge is 0.511 e. The van der Waals surface area contributed by atoms with Crippen LogP contribution in [0.1, 0.15) is 233 Å². The first-order valence-electron chi connectivity index (χ1n) is 46.0. The molecular formula is C103H100Cl4N8O29S. The van der Waals surface area contributed by atoms with Crippen molar-refractivity contribution < 1.29 is 114 Å². The number of hydroxylamine groups is 2. The van der Waals surface area contributed by atoms with E-state index in [1.807, 2.05) is 0 Å². The molecule has 37 nitrogen and oxygen atoms in total. The SMILES string of the molecule is C.C.CCCCCCCC(=O)Oc1cc2oc3c(C(=O)CCCCCN4C(=O)C=CC4=O)c(=O)ccc-3nc2cc1Cl.CCCCCCCC(=O)Oc1cc2oc3c(C(=O)CCCCCN4C(=O)CC(SCOC=O)C4=O)c(=O)ccc-3nc2cc1Cl.O=C(ON1C(=O)CCC1=O)c1c(O)ccc2nc3cc(Cl)c(=O)cc-3oc12.O=C1C=CC(=O)N1CCCCCC(O)=c1c(=O)ccc2nc3cc(Cl)c(=O)cc3oc12. The molecule has 2 fully saturated rings. The number of phenols is 1. The van der Waals surface area contributed by atoms with Gasteiger partial charge in [-0.1, -0.05) is 146 Å². The van der Waals surface area contributed by atoms with Crippen molar-refractivity contribution in [2.24, 2.45) is 0 Å². The van der Waals surface area contributed by atoms with Crippen molar-refractivity contribution in [2.45, 2.75) is 207 Å². The fourth-order valence-electron chi connectivity index (χ4n) is 15.8. The monoisotopic (exact) mass is 2080 g/mol. The first kappa shape index (κ1) is 111. The van der Waals surface area contributed by atoms with Crippen LogP contribution in [-0.2, 0) is 62.3 Å². The zero-order chi connectivity index (χ0) is 102. The number of imide groups is 4. The van der Waals surface area contributed by atoms with Crippen LogP contribution in [0.25, 0.3) is 95.6 Å². The number of hydrogen-bond acceptors (Lipinski definition) is 34. The van der Waals surface area contributed by atoms with Crippen LogP contribution in [0.5, 0.6) is 17.2 Å². The number of unbranched alkanes of at least 4 members (excludes halogenated alkanes) is 14. The van der Waals surface area contributed by atoms with Crippen molar-refractivity contribution in [1.82, 2.24) is 39.7 Å². The lowest BCUT2D eigenvalue weighted by molar-refractivity contribution is -0.172.